The van der Waals surface area contributed by atoms with E-state index >= 15 is 0 Å². The van der Waals surface area contributed by atoms with Crippen LogP contribution in [0.2, 0.25) is 0 Å². The Kier molecular flexibility index (Phi) is 5.06. The second-order valence-corrected chi connectivity index (χ2v) is 4.71. The number of Topliss-reactive ketones (excluding diaryl/α,β-unsaturated/α-hetero) is 1. The maximum Gasteiger partial charge on any atom is 0.202 e. The van der Waals surface area contributed by atoms with Crippen LogP contribution in [-0.2, 0) is 6.42 Å². The number of hydrogen-bond acceptors (Lipinski definition) is 3. The number of aliphatic hydroxyl groups excluding tert-OH is 1. The fraction of sp³-hybridized carbons (Fsp3) is 0.235. The van der Waals surface area contributed by atoms with Crippen molar-refractivity contribution >= 4 is 5.78 Å². The van der Waals surface area contributed by atoms with E-state index in [0.717, 1.165) is 5.56 Å². The van der Waals surface area contributed by atoms with E-state index in [4.69, 9.17) is 9.84 Å². The number of rotatable bonds is 6. The topological polar surface area (TPSA) is 46.5 Å². The van der Waals surface area contributed by atoms with Crippen LogP contribution < -0.4 is 4.74 Å². The van der Waals surface area contributed by atoms with E-state index in [9.17, 15) is 9.18 Å². The molecule has 0 aliphatic heterocycles. The van der Waals surface area contributed by atoms with E-state index in [1.807, 2.05) is 18.2 Å². The summed E-state index contributed by atoms with van der Waals surface area (Å²) in [5.74, 6) is -0.0169. The normalized spacial score (nSPS) is 12.0. The van der Waals surface area contributed by atoms with Gasteiger partial charge in [0.05, 0.1) is 0 Å². The number of hydrogen-bond donors (Lipinski definition) is 1. The molecule has 0 saturated heterocycles. The summed E-state index contributed by atoms with van der Waals surface area (Å²) in [6, 6.07) is 12.7. The van der Waals surface area contributed by atoms with Crippen LogP contribution in [0, 0.1) is 5.82 Å². The Morgan fingerprint density at radius 3 is 2.52 bits per heavy atom. The zero-order valence-electron chi connectivity index (χ0n) is 11.8. The van der Waals surface area contributed by atoms with Gasteiger partial charge in [0, 0.05) is 12.2 Å². The van der Waals surface area contributed by atoms with Crippen LogP contribution in [0.4, 0.5) is 4.39 Å². The summed E-state index contributed by atoms with van der Waals surface area (Å²) in [6.45, 7) is 1.67. The summed E-state index contributed by atoms with van der Waals surface area (Å²) in [7, 11) is 0. The minimum absolute atomic E-state index is 0.0145. The van der Waals surface area contributed by atoms with Crippen molar-refractivity contribution in [2.75, 3.05) is 6.61 Å². The van der Waals surface area contributed by atoms with Gasteiger partial charge in [0.25, 0.3) is 0 Å². The molecule has 0 bridgehead atoms. The van der Waals surface area contributed by atoms with Gasteiger partial charge in [0.1, 0.15) is 11.6 Å². The van der Waals surface area contributed by atoms with E-state index in [1.54, 1.807) is 13.0 Å². The van der Waals surface area contributed by atoms with Gasteiger partial charge in [-0.05, 0) is 49.2 Å². The van der Waals surface area contributed by atoms with Crippen molar-refractivity contribution < 1.29 is 19.0 Å². The van der Waals surface area contributed by atoms with Crippen molar-refractivity contribution in [3.05, 3.63) is 65.5 Å². The molecule has 21 heavy (non-hydrogen) atoms. The molecule has 0 aliphatic rings. The molecule has 1 atom stereocenters. The van der Waals surface area contributed by atoms with Crippen LogP contribution in [0.25, 0.3) is 0 Å². The largest absolute Gasteiger partial charge is 0.482 e. The van der Waals surface area contributed by atoms with Gasteiger partial charge >= 0.3 is 0 Å². The molecule has 2 rings (SSSR count). The molecule has 1 N–H and O–H groups in total. The van der Waals surface area contributed by atoms with Gasteiger partial charge in [0.15, 0.2) is 6.10 Å². The van der Waals surface area contributed by atoms with Gasteiger partial charge in [-0.25, -0.2) is 4.39 Å². The Morgan fingerprint density at radius 1 is 1.19 bits per heavy atom. The quantitative estimate of drug-likeness (QED) is 0.831. The maximum atomic E-state index is 12.9. The van der Waals surface area contributed by atoms with E-state index in [2.05, 4.69) is 0 Å². The summed E-state index contributed by atoms with van der Waals surface area (Å²) in [4.78, 5) is 12.2. The molecular formula is C17H17FO3. The molecule has 0 aliphatic carbocycles. The number of halogens is 1. The lowest BCUT2D eigenvalue weighted by Crippen LogP contribution is -2.24. The molecule has 4 heteroatoms. The van der Waals surface area contributed by atoms with Crippen molar-refractivity contribution in [2.45, 2.75) is 19.4 Å². The summed E-state index contributed by atoms with van der Waals surface area (Å²) < 4.78 is 18.6. The minimum Gasteiger partial charge on any atom is -0.482 e. The van der Waals surface area contributed by atoms with Crippen molar-refractivity contribution in [3.63, 3.8) is 0 Å². The van der Waals surface area contributed by atoms with Crippen LogP contribution in [0.5, 0.6) is 5.75 Å². The Labute approximate surface area is 123 Å². The number of carbonyl (C=O) groups is 1. The molecule has 2 aromatic carbocycles. The highest BCUT2D eigenvalue weighted by atomic mass is 19.1. The Hall–Kier alpha value is -2.20. The Morgan fingerprint density at radius 2 is 1.86 bits per heavy atom. The third-order valence-electron chi connectivity index (χ3n) is 3.16. The third kappa shape index (κ3) is 3.89. The van der Waals surface area contributed by atoms with Crippen LogP contribution >= 0.6 is 0 Å². The SMILES string of the molecule is CC(Oc1ccccc1CCO)C(=O)c1ccc(F)cc1. The highest BCUT2D eigenvalue weighted by molar-refractivity contribution is 5.99. The highest BCUT2D eigenvalue weighted by Gasteiger charge is 2.18. The second kappa shape index (κ2) is 6.99. The number of para-hydroxylation sites is 1. The van der Waals surface area contributed by atoms with E-state index in [1.165, 1.54) is 24.3 Å². The van der Waals surface area contributed by atoms with Gasteiger partial charge in [-0.1, -0.05) is 18.2 Å². The van der Waals surface area contributed by atoms with Crippen LogP contribution in [0.15, 0.2) is 48.5 Å². The monoisotopic (exact) mass is 288 g/mol. The molecule has 0 aromatic heterocycles. The molecule has 0 amide bonds. The molecular weight excluding hydrogens is 271 g/mol. The predicted octanol–water partition coefficient (Wildman–Crippen LogP) is 3.01. The number of aliphatic hydroxyl groups is 1. The molecule has 0 heterocycles. The Bertz CT molecular complexity index is 608. The fourth-order valence-corrected chi connectivity index (χ4v) is 2.04. The maximum absolute atomic E-state index is 12.9. The first-order valence-electron chi connectivity index (χ1n) is 6.77. The van der Waals surface area contributed by atoms with Crippen LogP contribution in [-0.4, -0.2) is 23.6 Å². The first-order chi connectivity index (χ1) is 10.1. The molecule has 110 valence electrons. The molecule has 3 nitrogen and oxygen atoms in total. The first kappa shape index (κ1) is 15.2. The molecule has 2 aromatic rings. The first-order valence-corrected chi connectivity index (χ1v) is 6.77. The van der Waals surface area contributed by atoms with Gasteiger partial charge in [-0.3, -0.25) is 4.79 Å². The summed E-state index contributed by atoms with van der Waals surface area (Å²) in [5.41, 5.74) is 1.25. The van der Waals surface area contributed by atoms with Crippen molar-refractivity contribution in [1.29, 1.82) is 0 Å². The summed E-state index contributed by atoms with van der Waals surface area (Å²) in [6.07, 6.45) is -0.219. The minimum atomic E-state index is -0.685. The van der Waals surface area contributed by atoms with E-state index in [0.29, 0.717) is 17.7 Å². The lowest BCUT2D eigenvalue weighted by atomic mass is 10.1. The average molecular weight is 288 g/mol. The standard InChI is InChI=1S/C17H17FO3/c1-12(17(20)14-6-8-15(18)9-7-14)21-16-5-3-2-4-13(16)10-11-19/h2-9,12,19H,10-11H2,1H3. The molecule has 1 unspecified atom stereocenters. The number of carbonyl (C=O) groups excluding carboxylic acids is 1. The zero-order chi connectivity index (χ0) is 15.2. The van der Waals surface area contributed by atoms with E-state index in [-0.39, 0.29) is 18.2 Å². The Balaban J connectivity index is 2.12. The van der Waals surface area contributed by atoms with Gasteiger partial charge in [-0.15, -0.1) is 0 Å². The third-order valence-corrected chi connectivity index (χ3v) is 3.16. The van der Waals surface area contributed by atoms with Gasteiger partial charge < -0.3 is 9.84 Å². The number of ketones is 1. The fourth-order valence-electron chi connectivity index (χ4n) is 2.04. The lowest BCUT2D eigenvalue weighted by molar-refractivity contribution is 0.0816. The van der Waals surface area contributed by atoms with Gasteiger partial charge in [-0.2, -0.15) is 0 Å². The van der Waals surface area contributed by atoms with Crippen molar-refractivity contribution in [2.24, 2.45) is 0 Å². The number of benzene rings is 2. The van der Waals surface area contributed by atoms with Crippen molar-refractivity contribution in [1.82, 2.24) is 0 Å². The molecule has 0 saturated carbocycles. The summed E-state index contributed by atoms with van der Waals surface area (Å²) >= 11 is 0. The highest BCUT2D eigenvalue weighted by Crippen LogP contribution is 2.21. The predicted molar refractivity (Wildman–Crippen MR) is 78.1 cm³/mol. The molecule has 0 radical (unpaired) electrons. The van der Waals surface area contributed by atoms with Crippen LogP contribution in [0.1, 0.15) is 22.8 Å². The van der Waals surface area contributed by atoms with Gasteiger partial charge in [0.2, 0.25) is 5.78 Å². The molecule has 0 spiro atoms. The van der Waals surface area contributed by atoms with Crippen LogP contribution in [0.3, 0.4) is 0 Å². The van der Waals surface area contributed by atoms with E-state index < -0.39 is 6.10 Å². The lowest BCUT2D eigenvalue weighted by Gasteiger charge is -2.16. The average Bonchev–Trinajstić information content (AvgIpc) is 2.49. The summed E-state index contributed by atoms with van der Waals surface area (Å²) in [5, 5.41) is 9.03. The zero-order valence-corrected chi connectivity index (χ0v) is 11.8. The van der Waals surface area contributed by atoms with Crippen molar-refractivity contribution in [3.8, 4) is 5.75 Å². The molecule has 0 fully saturated rings. The smallest absolute Gasteiger partial charge is 0.202 e. The second-order valence-electron chi connectivity index (χ2n) is 4.71. The number of ether oxygens (including phenoxy) is 1.